The molecule has 0 aliphatic carbocycles. The Bertz CT molecular complexity index is 833. The van der Waals surface area contributed by atoms with Crippen LogP contribution >= 0.6 is 0 Å². The van der Waals surface area contributed by atoms with Crippen molar-refractivity contribution in [1.29, 1.82) is 0 Å². The largest absolute Gasteiger partial charge is 0.483 e. The Labute approximate surface area is 139 Å². The van der Waals surface area contributed by atoms with Crippen LogP contribution in [0, 0.1) is 19.7 Å². The third-order valence-corrected chi connectivity index (χ3v) is 4.49. The second-order valence-corrected chi connectivity index (χ2v) is 6.74. The maximum absolute atomic E-state index is 13.5. The quantitative estimate of drug-likeness (QED) is 0.777. The first-order valence-electron chi connectivity index (χ1n) is 7.05. The van der Waals surface area contributed by atoms with Gasteiger partial charge < -0.3 is 4.74 Å². The Balaban J connectivity index is 1.95. The number of amides is 1. The smallest absolute Gasteiger partial charge is 0.272 e. The van der Waals surface area contributed by atoms with E-state index in [-0.39, 0.29) is 6.61 Å². The average molecular weight is 352 g/mol. The van der Waals surface area contributed by atoms with E-state index < -0.39 is 26.6 Å². The Morgan fingerprint density at radius 2 is 1.71 bits per heavy atom. The maximum Gasteiger partial charge on any atom is 0.272 e. The third kappa shape index (κ3) is 4.30. The van der Waals surface area contributed by atoms with Crippen LogP contribution in [0.4, 0.5) is 4.39 Å². The molecule has 0 aromatic heterocycles. The predicted octanol–water partition coefficient (Wildman–Crippen LogP) is 1.83. The number of halogens is 1. The van der Waals surface area contributed by atoms with Crippen molar-refractivity contribution in [3.05, 3.63) is 59.4 Å². The van der Waals surface area contributed by atoms with Gasteiger partial charge in [0.1, 0.15) is 16.5 Å². The van der Waals surface area contributed by atoms with Gasteiger partial charge in [0.15, 0.2) is 6.61 Å². The number of rotatable bonds is 6. The van der Waals surface area contributed by atoms with Crippen molar-refractivity contribution in [2.75, 3.05) is 6.61 Å². The molecule has 2 rings (SSSR count). The molecular weight excluding hydrogens is 335 g/mol. The molecule has 0 heterocycles. The van der Waals surface area contributed by atoms with E-state index in [1.54, 1.807) is 0 Å². The van der Waals surface area contributed by atoms with Crippen molar-refractivity contribution in [3.63, 3.8) is 0 Å². The van der Waals surface area contributed by atoms with E-state index in [9.17, 15) is 17.6 Å². The molecule has 0 radical (unpaired) electrons. The molecule has 0 atom stereocenters. The van der Waals surface area contributed by atoms with Crippen LogP contribution in [-0.2, 0) is 14.8 Å². The number of benzene rings is 2. The highest BCUT2D eigenvalue weighted by Crippen LogP contribution is 2.22. The number of sulfonamides is 1. The van der Waals surface area contributed by atoms with Gasteiger partial charge in [-0.05, 0) is 37.1 Å². The summed E-state index contributed by atoms with van der Waals surface area (Å²) >= 11 is 0. The highest BCUT2D eigenvalue weighted by atomic mass is 32.2. The highest BCUT2D eigenvalue weighted by Gasteiger charge is 2.19. The van der Waals surface area contributed by atoms with Gasteiger partial charge in [-0.3, -0.25) is 10.2 Å². The molecule has 128 valence electrons. The minimum Gasteiger partial charge on any atom is -0.483 e. The summed E-state index contributed by atoms with van der Waals surface area (Å²) in [6.07, 6.45) is 0. The summed E-state index contributed by atoms with van der Waals surface area (Å²) in [7, 11) is -4.20. The minimum absolute atomic E-state index is 0.383. The zero-order valence-corrected chi connectivity index (χ0v) is 14.0. The number of para-hydroxylation sites is 1. The van der Waals surface area contributed by atoms with Gasteiger partial charge in [-0.2, -0.15) is 0 Å². The summed E-state index contributed by atoms with van der Waals surface area (Å²) in [4.78, 5) is 13.0. The van der Waals surface area contributed by atoms with Gasteiger partial charge in [0.05, 0.1) is 0 Å². The Kier molecular flexibility index (Phi) is 5.53. The lowest BCUT2D eigenvalue weighted by molar-refractivity contribution is -0.123. The molecule has 0 aliphatic rings. The van der Waals surface area contributed by atoms with Gasteiger partial charge in [-0.1, -0.05) is 30.3 Å². The topological polar surface area (TPSA) is 84.5 Å². The fourth-order valence-corrected chi connectivity index (χ4v) is 2.98. The molecule has 0 saturated heterocycles. The number of hydrogen-bond acceptors (Lipinski definition) is 4. The number of ether oxygens (including phenoxy) is 1. The molecule has 0 fully saturated rings. The van der Waals surface area contributed by atoms with Gasteiger partial charge in [0.2, 0.25) is 0 Å². The van der Waals surface area contributed by atoms with E-state index in [1.807, 2.05) is 42.3 Å². The van der Waals surface area contributed by atoms with Crippen molar-refractivity contribution in [1.82, 2.24) is 10.3 Å². The second-order valence-electron chi connectivity index (χ2n) is 5.09. The Morgan fingerprint density at radius 3 is 2.33 bits per heavy atom. The first-order chi connectivity index (χ1) is 11.3. The molecule has 0 saturated carbocycles. The molecule has 2 N–H and O–H groups in total. The summed E-state index contributed by atoms with van der Waals surface area (Å²) < 4.78 is 42.8. The molecule has 0 bridgehead atoms. The van der Waals surface area contributed by atoms with E-state index >= 15 is 0 Å². The number of carbonyl (C=O) groups is 1. The number of carbonyl (C=O) groups excluding carboxylic acids is 1. The highest BCUT2D eigenvalue weighted by molar-refractivity contribution is 7.89. The molecule has 0 aliphatic heterocycles. The van der Waals surface area contributed by atoms with Crippen molar-refractivity contribution in [2.45, 2.75) is 18.7 Å². The van der Waals surface area contributed by atoms with Gasteiger partial charge in [0, 0.05) is 0 Å². The lowest BCUT2D eigenvalue weighted by Crippen LogP contribution is -2.44. The summed E-state index contributed by atoms with van der Waals surface area (Å²) in [6.45, 7) is 3.29. The number of nitrogens with one attached hydrogen (secondary N) is 2. The molecule has 24 heavy (non-hydrogen) atoms. The zero-order chi connectivity index (χ0) is 17.7. The molecule has 0 unspecified atom stereocenters. The Hall–Kier alpha value is -2.45. The SMILES string of the molecule is Cc1cccc(C)c1OCC(=O)NNS(=O)(=O)c1ccccc1F. The first-order valence-corrected chi connectivity index (χ1v) is 8.54. The normalized spacial score (nSPS) is 11.1. The molecular formula is C16H17FN2O4S. The molecule has 2 aromatic rings. The van der Waals surface area contributed by atoms with Crippen LogP contribution in [0.25, 0.3) is 0 Å². The van der Waals surface area contributed by atoms with E-state index in [4.69, 9.17) is 4.74 Å². The van der Waals surface area contributed by atoms with Crippen LogP contribution in [0.15, 0.2) is 47.4 Å². The number of aryl methyl sites for hydroxylation is 2. The van der Waals surface area contributed by atoms with Crippen molar-refractivity contribution >= 4 is 15.9 Å². The average Bonchev–Trinajstić information content (AvgIpc) is 2.53. The standard InChI is InChI=1S/C16H17FN2O4S/c1-11-6-5-7-12(2)16(11)23-10-15(20)18-19-24(21,22)14-9-4-3-8-13(14)17/h3-9,19H,10H2,1-2H3,(H,18,20). The molecule has 2 aromatic carbocycles. The lowest BCUT2D eigenvalue weighted by atomic mass is 10.1. The van der Waals surface area contributed by atoms with Crippen LogP contribution in [0.3, 0.4) is 0 Å². The van der Waals surface area contributed by atoms with Crippen LogP contribution < -0.4 is 15.0 Å². The fraction of sp³-hybridized carbons (Fsp3) is 0.188. The first kappa shape index (κ1) is 17.9. The monoisotopic (exact) mass is 352 g/mol. The van der Waals surface area contributed by atoms with E-state index in [0.29, 0.717) is 5.75 Å². The third-order valence-electron chi connectivity index (χ3n) is 3.21. The number of hydrogen-bond donors (Lipinski definition) is 2. The second kappa shape index (κ2) is 7.41. The minimum atomic E-state index is -4.20. The van der Waals surface area contributed by atoms with E-state index in [0.717, 1.165) is 23.3 Å². The molecule has 6 nitrogen and oxygen atoms in total. The van der Waals surface area contributed by atoms with Crippen molar-refractivity contribution < 1.29 is 22.3 Å². The van der Waals surface area contributed by atoms with Crippen LogP contribution in [0.5, 0.6) is 5.75 Å². The lowest BCUT2D eigenvalue weighted by Gasteiger charge is -2.12. The summed E-state index contributed by atoms with van der Waals surface area (Å²) in [5.41, 5.74) is 3.70. The summed E-state index contributed by atoms with van der Waals surface area (Å²) in [6, 6.07) is 10.4. The van der Waals surface area contributed by atoms with Gasteiger partial charge >= 0.3 is 0 Å². The van der Waals surface area contributed by atoms with Gasteiger partial charge in [0.25, 0.3) is 15.9 Å². The van der Waals surface area contributed by atoms with Crippen molar-refractivity contribution in [3.8, 4) is 5.75 Å². The summed E-state index contributed by atoms with van der Waals surface area (Å²) in [5, 5.41) is 0. The fourth-order valence-electron chi connectivity index (χ4n) is 2.04. The Morgan fingerprint density at radius 1 is 1.08 bits per heavy atom. The maximum atomic E-state index is 13.5. The van der Waals surface area contributed by atoms with Crippen molar-refractivity contribution in [2.24, 2.45) is 0 Å². The van der Waals surface area contributed by atoms with Crippen LogP contribution in [-0.4, -0.2) is 20.9 Å². The van der Waals surface area contributed by atoms with Gasteiger partial charge in [-0.25, -0.2) is 12.8 Å². The summed E-state index contributed by atoms with van der Waals surface area (Å²) in [5.74, 6) is -1.06. The van der Waals surface area contributed by atoms with Crippen LogP contribution in [0.2, 0.25) is 0 Å². The van der Waals surface area contributed by atoms with Gasteiger partial charge in [-0.15, -0.1) is 4.83 Å². The van der Waals surface area contributed by atoms with E-state index in [1.165, 1.54) is 12.1 Å². The molecule has 1 amide bonds. The van der Waals surface area contributed by atoms with Crippen LogP contribution in [0.1, 0.15) is 11.1 Å². The molecule has 0 spiro atoms. The zero-order valence-electron chi connectivity index (χ0n) is 13.2. The predicted molar refractivity (Wildman–Crippen MR) is 86.3 cm³/mol. The molecule has 8 heteroatoms. The number of hydrazine groups is 1. The van der Waals surface area contributed by atoms with E-state index in [2.05, 4.69) is 0 Å².